The molecule has 3 rings (SSSR count). The Bertz CT molecular complexity index is 793. The molecule has 2 aromatic heterocycles. The molecule has 2 N–H and O–H groups in total. The van der Waals surface area contributed by atoms with Crippen LogP contribution in [0.15, 0.2) is 47.8 Å². The SMILES string of the molecule is Cc1[nH][nH]c(=O)c1C(c1ccc(Cl)cc1)c1cncnc1. The van der Waals surface area contributed by atoms with Gasteiger partial charge in [-0.05, 0) is 24.6 Å². The molecule has 0 aliphatic carbocycles. The number of nitrogens with one attached hydrogen (secondary N) is 2. The predicted molar refractivity (Wildman–Crippen MR) is 80.6 cm³/mol. The van der Waals surface area contributed by atoms with Gasteiger partial charge in [0.25, 0.3) is 5.56 Å². The number of halogens is 1. The highest BCUT2D eigenvalue weighted by atomic mass is 35.5. The summed E-state index contributed by atoms with van der Waals surface area (Å²) in [5.41, 5.74) is 3.13. The molecule has 0 aliphatic rings. The first-order chi connectivity index (χ1) is 10.2. The molecule has 21 heavy (non-hydrogen) atoms. The summed E-state index contributed by atoms with van der Waals surface area (Å²) >= 11 is 5.95. The van der Waals surface area contributed by atoms with Crippen molar-refractivity contribution in [3.63, 3.8) is 0 Å². The van der Waals surface area contributed by atoms with Crippen molar-refractivity contribution >= 4 is 11.6 Å². The van der Waals surface area contributed by atoms with Gasteiger partial charge >= 0.3 is 0 Å². The summed E-state index contributed by atoms with van der Waals surface area (Å²) in [6.07, 6.45) is 4.91. The molecule has 106 valence electrons. The van der Waals surface area contributed by atoms with E-state index in [2.05, 4.69) is 20.2 Å². The van der Waals surface area contributed by atoms with Gasteiger partial charge in [-0.25, -0.2) is 9.97 Å². The van der Waals surface area contributed by atoms with Crippen LogP contribution in [0.4, 0.5) is 0 Å². The molecule has 3 aromatic rings. The summed E-state index contributed by atoms with van der Waals surface area (Å²) in [7, 11) is 0. The molecule has 1 unspecified atom stereocenters. The Hall–Kier alpha value is -2.40. The van der Waals surface area contributed by atoms with E-state index in [1.54, 1.807) is 12.4 Å². The smallest absolute Gasteiger partial charge is 0.268 e. The van der Waals surface area contributed by atoms with E-state index in [4.69, 9.17) is 11.6 Å². The summed E-state index contributed by atoms with van der Waals surface area (Å²) in [5.74, 6) is -0.238. The number of hydrogen-bond donors (Lipinski definition) is 2. The first kappa shape index (κ1) is 13.6. The van der Waals surface area contributed by atoms with E-state index in [9.17, 15) is 4.79 Å². The van der Waals surface area contributed by atoms with Gasteiger partial charge in [0.2, 0.25) is 0 Å². The zero-order valence-corrected chi connectivity index (χ0v) is 12.1. The minimum Gasteiger partial charge on any atom is -0.302 e. The maximum absolute atomic E-state index is 12.1. The molecule has 0 amide bonds. The fourth-order valence-electron chi connectivity index (χ4n) is 2.44. The van der Waals surface area contributed by atoms with Crippen molar-refractivity contribution < 1.29 is 0 Å². The van der Waals surface area contributed by atoms with Crippen molar-refractivity contribution in [3.05, 3.63) is 80.7 Å². The van der Waals surface area contributed by atoms with Gasteiger partial charge in [0.15, 0.2) is 0 Å². The summed E-state index contributed by atoms with van der Waals surface area (Å²) in [6, 6.07) is 7.44. The Morgan fingerprint density at radius 2 is 1.71 bits per heavy atom. The van der Waals surface area contributed by atoms with E-state index < -0.39 is 0 Å². The molecule has 0 saturated carbocycles. The molecule has 1 aromatic carbocycles. The van der Waals surface area contributed by atoms with Crippen molar-refractivity contribution in [2.45, 2.75) is 12.8 Å². The highest BCUT2D eigenvalue weighted by molar-refractivity contribution is 6.30. The Morgan fingerprint density at radius 3 is 2.29 bits per heavy atom. The minimum atomic E-state index is -0.238. The second-order valence-corrected chi connectivity index (χ2v) is 5.21. The summed E-state index contributed by atoms with van der Waals surface area (Å²) in [6.45, 7) is 1.86. The lowest BCUT2D eigenvalue weighted by Crippen LogP contribution is -2.14. The van der Waals surface area contributed by atoms with Crippen LogP contribution in [-0.2, 0) is 0 Å². The highest BCUT2D eigenvalue weighted by Crippen LogP contribution is 2.31. The standard InChI is InChI=1S/C15H13ClN4O/c1-9-13(15(21)20-19-9)14(11-6-17-8-18-7-11)10-2-4-12(16)5-3-10/h2-8,14H,1H3,(H2,19,20,21). The van der Waals surface area contributed by atoms with Crippen molar-refractivity contribution in [3.8, 4) is 0 Å². The quantitative estimate of drug-likeness (QED) is 0.781. The van der Waals surface area contributed by atoms with Gasteiger partial charge in [0, 0.05) is 34.6 Å². The largest absolute Gasteiger partial charge is 0.302 e. The lowest BCUT2D eigenvalue weighted by atomic mass is 9.87. The maximum Gasteiger partial charge on any atom is 0.268 e. The van der Waals surface area contributed by atoms with Crippen LogP contribution in [-0.4, -0.2) is 20.2 Å². The van der Waals surface area contributed by atoms with E-state index in [-0.39, 0.29) is 11.5 Å². The van der Waals surface area contributed by atoms with Crippen molar-refractivity contribution in [1.82, 2.24) is 20.2 Å². The van der Waals surface area contributed by atoms with Gasteiger partial charge in [-0.1, -0.05) is 23.7 Å². The number of H-pyrrole nitrogens is 2. The molecule has 2 heterocycles. The third kappa shape index (κ3) is 2.60. The number of hydrogen-bond acceptors (Lipinski definition) is 3. The number of aryl methyl sites for hydroxylation is 1. The van der Waals surface area contributed by atoms with Gasteiger partial charge in [-0.3, -0.25) is 9.89 Å². The molecule has 0 spiro atoms. The molecule has 0 fully saturated rings. The number of rotatable bonds is 3. The Balaban J connectivity index is 2.21. The average Bonchev–Trinajstić information content (AvgIpc) is 2.83. The normalized spacial score (nSPS) is 12.3. The third-order valence-electron chi connectivity index (χ3n) is 3.42. The minimum absolute atomic E-state index is 0.142. The van der Waals surface area contributed by atoms with Crippen molar-refractivity contribution in [1.29, 1.82) is 0 Å². The molecule has 0 aliphatic heterocycles. The van der Waals surface area contributed by atoms with Crippen LogP contribution in [0, 0.1) is 6.92 Å². The number of nitrogens with zero attached hydrogens (tertiary/aromatic N) is 2. The number of aromatic amines is 2. The zero-order valence-electron chi connectivity index (χ0n) is 11.3. The molecule has 6 heteroatoms. The van der Waals surface area contributed by atoms with Crippen molar-refractivity contribution in [2.24, 2.45) is 0 Å². The van der Waals surface area contributed by atoms with Crippen LogP contribution in [0.3, 0.4) is 0 Å². The number of aromatic nitrogens is 4. The molecule has 0 bridgehead atoms. The van der Waals surface area contributed by atoms with E-state index in [0.29, 0.717) is 10.6 Å². The van der Waals surface area contributed by atoms with Crippen LogP contribution in [0.5, 0.6) is 0 Å². The third-order valence-corrected chi connectivity index (χ3v) is 3.67. The molecule has 0 saturated heterocycles. The fraction of sp³-hybridized carbons (Fsp3) is 0.133. The van der Waals surface area contributed by atoms with Gasteiger partial charge < -0.3 is 5.10 Å². The first-order valence-electron chi connectivity index (χ1n) is 6.44. The van der Waals surface area contributed by atoms with Crippen LogP contribution < -0.4 is 5.56 Å². The Kier molecular flexibility index (Phi) is 3.58. The lowest BCUT2D eigenvalue weighted by molar-refractivity contribution is 0.922. The summed E-state index contributed by atoms with van der Waals surface area (Å²) in [4.78, 5) is 20.3. The Labute approximate surface area is 126 Å². The topological polar surface area (TPSA) is 74.4 Å². The van der Waals surface area contributed by atoms with Gasteiger partial charge in [0.1, 0.15) is 6.33 Å². The van der Waals surface area contributed by atoms with Gasteiger partial charge in [-0.2, -0.15) is 0 Å². The molecular weight excluding hydrogens is 288 g/mol. The van der Waals surface area contributed by atoms with E-state index in [1.165, 1.54) is 6.33 Å². The Morgan fingerprint density at radius 1 is 1.05 bits per heavy atom. The van der Waals surface area contributed by atoms with Crippen LogP contribution >= 0.6 is 11.6 Å². The number of benzene rings is 1. The second kappa shape index (κ2) is 5.54. The van der Waals surface area contributed by atoms with E-state index in [1.807, 2.05) is 31.2 Å². The average molecular weight is 301 g/mol. The van der Waals surface area contributed by atoms with Gasteiger partial charge in [0.05, 0.1) is 5.56 Å². The highest BCUT2D eigenvalue weighted by Gasteiger charge is 2.23. The molecule has 1 atom stereocenters. The summed E-state index contributed by atoms with van der Waals surface area (Å²) < 4.78 is 0. The van der Waals surface area contributed by atoms with Crippen LogP contribution in [0.2, 0.25) is 5.02 Å². The molecule has 5 nitrogen and oxygen atoms in total. The van der Waals surface area contributed by atoms with E-state index >= 15 is 0 Å². The first-order valence-corrected chi connectivity index (χ1v) is 6.82. The lowest BCUT2D eigenvalue weighted by Gasteiger charge is -2.16. The maximum atomic E-state index is 12.1. The van der Waals surface area contributed by atoms with Gasteiger partial charge in [-0.15, -0.1) is 0 Å². The van der Waals surface area contributed by atoms with E-state index in [0.717, 1.165) is 16.8 Å². The summed E-state index contributed by atoms with van der Waals surface area (Å²) in [5, 5.41) is 6.14. The molecule has 0 radical (unpaired) electrons. The zero-order chi connectivity index (χ0) is 14.8. The van der Waals surface area contributed by atoms with Crippen LogP contribution in [0.25, 0.3) is 0 Å². The predicted octanol–water partition coefficient (Wildman–Crippen LogP) is 2.64. The monoisotopic (exact) mass is 300 g/mol. The van der Waals surface area contributed by atoms with Crippen molar-refractivity contribution in [2.75, 3.05) is 0 Å². The van der Waals surface area contributed by atoms with Crippen LogP contribution in [0.1, 0.15) is 28.3 Å². The fourth-order valence-corrected chi connectivity index (χ4v) is 2.57. The molecular formula is C15H13ClN4O. The second-order valence-electron chi connectivity index (χ2n) is 4.77.